The first-order valence-corrected chi connectivity index (χ1v) is 9.63. The molecule has 1 aliphatic rings. The minimum Gasteiger partial charge on any atom is -0.493 e. The van der Waals surface area contributed by atoms with Crippen molar-refractivity contribution in [2.24, 2.45) is 0 Å². The highest BCUT2D eigenvalue weighted by atomic mass is 16.5. The molecule has 1 aliphatic heterocycles. The Bertz CT molecular complexity index is 886. The van der Waals surface area contributed by atoms with Crippen LogP contribution in [0.1, 0.15) is 11.1 Å². The molecule has 1 N–H and O–H groups in total. The van der Waals surface area contributed by atoms with Crippen LogP contribution in [0.25, 0.3) is 0 Å². The van der Waals surface area contributed by atoms with Gasteiger partial charge in [0.1, 0.15) is 6.07 Å². The van der Waals surface area contributed by atoms with Crippen LogP contribution in [0.5, 0.6) is 11.5 Å². The highest BCUT2D eigenvalue weighted by Gasteiger charge is 2.21. The molecule has 0 aliphatic carbocycles. The molecule has 1 heterocycles. The van der Waals surface area contributed by atoms with Crippen LogP contribution in [-0.4, -0.2) is 62.8 Å². The number of nitrogens with zero attached hydrogens (tertiary/aromatic N) is 3. The van der Waals surface area contributed by atoms with Gasteiger partial charge >= 0.3 is 6.03 Å². The lowest BCUT2D eigenvalue weighted by atomic mass is 10.1. The summed E-state index contributed by atoms with van der Waals surface area (Å²) in [5.41, 5.74) is 2.21. The second-order valence-corrected chi connectivity index (χ2v) is 6.86. The molecule has 1 fully saturated rings. The molecule has 0 spiro atoms. The highest BCUT2D eigenvalue weighted by Crippen LogP contribution is 2.27. The molecule has 2 aromatic rings. The normalized spacial score (nSPS) is 14.2. The Kier molecular flexibility index (Phi) is 6.93. The summed E-state index contributed by atoms with van der Waals surface area (Å²) >= 11 is 0. The van der Waals surface area contributed by atoms with Gasteiger partial charge in [-0.2, -0.15) is 5.26 Å². The summed E-state index contributed by atoms with van der Waals surface area (Å²) in [7, 11) is 3.27. The second kappa shape index (κ2) is 9.80. The minimum absolute atomic E-state index is 0.160. The number of anilines is 1. The van der Waals surface area contributed by atoms with Crippen LogP contribution in [0.15, 0.2) is 42.5 Å². The van der Waals surface area contributed by atoms with Crippen molar-refractivity contribution in [1.29, 1.82) is 5.26 Å². The van der Waals surface area contributed by atoms with Gasteiger partial charge in [0.15, 0.2) is 11.5 Å². The summed E-state index contributed by atoms with van der Waals surface area (Å²) in [6, 6.07) is 15.0. The lowest BCUT2D eigenvalue weighted by molar-refractivity contribution is 0.148. The monoisotopic (exact) mass is 394 g/mol. The number of carbonyl (C=O) groups excluding carboxylic acids is 1. The molecule has 2 amide bonds. The summed E-state index contributed by atoms with van der Waals surface area (Å²) < 4.78 is 10.6. The van der Waals surface area contributed by atoms with Crippen LogP contribution in [0.4, 0.5) is 10.5 Å². The van der Waals surface area contributed by atoms with Crippen molar-refractivity contribution in [3.05, 3.63) is 53.6 Å². The van der Waals surface area contributed by atoms with E-state index < -0.39 is 0 Å². The van der Waals surface area contributed by atoms with Gasteiger partial charge in [0.05, 0.1) is 25.5 Å². The van der Waals surface area contributed by atoms with Crippen LogP contribution in [0.2, 0.25) is 0 Å². The van der Waals surface area contributed by atoms with E-state index in [0.29, 0.717) is 24.3 Å². The molecule has 0 saturated carbocycles. The number of nitriles is 1. The quantitative estimate of drug-likeness (QED) is 0.815. The Morgan fingerprint density at radius 1 is 1.07 bits per heavy atom. The van der Waals surface area contributed by atoms with Crippen LogP contribution >= 0.6 is 0 Å². The van der Waals surface area contributed by atoms with Gasteiger partial charge in [-0.05, 0) is 36.2 Å². The standard InChI is InChI=1S/C22H26N4O3/c1-28-20-8-7-17(15-21(20)29-2)9-10-25-11-13-26(14-12-25)22(27)24-19-6-4-3-5-18(19)16-23/h3-8,15H,9-14H2,1-2H3,(H,24,27). The zero-order valence-electron chi connectivity index (χ0n) is 16.9. The van der Waals surface area contributed by atoms with E-state index in [2.05, 4.69) is 22.4 Å². The van der Waals surface area contributed by atoms with Crippen molar-refractivity contribution >= 4 is 11.7 Å². The molecule has 7 nitrogen and oxygen atoms in total. The van der Waals surface area contributed by atoms with Crippen molar-refractivity contribution < 1.29 is 14.3 Å². The van der Waals surface area contributed by atoms with E-state index in [-0.39, 0.29) is 6.03 Å². The maximum absolute atomic E-state index is 12.5. The molecule has 0 aromatic heterocycles. The molecular weight excluding hydrogens is 368 g/mol. The number of carbonyl (C=O) groups is 1. The Hall–Kier alpha value is -3.24. The number of rotatable bonds is 6. The summed E-state index contributed by atoms with van der Waals surface area (Å²) in [5, 5.41) is 12.0. The van der Waals surface area contributed by atoms with Crippen molar-refractivity contribution in [2.75, 3.05) is 52.3 Å². The van der Waals surface area contributed by atoms with Crippen LogP contribution in [0.3, 0.4) is 0 Å². The number of ether oxygens (including phenoxy) is 2. The van der Waals surface area contributed by atoms with Gasteiger partial charge in [0.2, 0.25) is 0 Å². The Labute approximate surface area is 171 Å². The topological polar surface area (TPSA) is 77.8 Å². The van der Waals surface area contributed by atoms with E-state index in [9.17, 15) is 4.79 Å². The van der Waals surface area contributed by atoms with E-state index in [1.807, 2.05) is 18.2 Å². The third kappa shape index (κ3) is 5.18. The zero-order chi connectivity index (χ0) is 20.6. The van der Waals surface area contributed by atoms with Gasteiger partial charge < -0.3 is 19.7 Å². The maximum atomic E-state index is 12.5. The average Bonchev–Trinajstić information content (AvgIpc) is 2.78. The molecule has 0 atom stereocenters. The number of hydrogen-bond donors (Lipinski definition) is 1. The highest BCUT2D eigenvalue weighted by molar-refractivity contribution is 5.90. The predicted octanol–water partition coefficient (Wildman–Crippen LogP) is 2.97. The Morgan fingerprint density at radius 2 is 1.79 bits per heavy atom. The molecule has 0 bridgehead atoms. The van der Waals surface area contributed by atoms with Gasteiger partial charge in [0.25, 0.3) is 0 Å². The summed E-state index contributed by atoms with van der Waals surface area (Å²) in [6.45, 7) is 3.88. The number of piperazine rings is 1. The summed E-state index contributed by atoms with van der Waals surface area (Å²) in [6.07, 6.45) is 0.905. The van der Waals surface area contributed by atoms with E-state index in [1.54, 1.807) is 37.3 Å². The lowest BCUT2D eigenvalue weighted by Crippen LogP contribution is -2.50. The van der Waals surface area contributed by atoms with Gasteiger partial charge in [-0.1, -0.05) is 18.2 Å². The molecule has 2 aromatic carbocycles. The smallest absolute Gasteiger partial charge is 0.321 e. The van der Waals surface area contributed by atoms with Crippen molar-refractivity contribution in [3.8, 4) is 17.6 Å². The Morgan fingerprint density at radius 3 is 2.48 bits per heavy atom. The van der Waals surface area contributed by atoms with Gasteiger partial charge in [-0.3, -0.25) is 4.90 Å². The number of nitrogens with one attached hydrogen (secondary N) is 1. The zero-order valence-corrected chi connectivity index (χ0v) is 16.9. The first kappa shape index (κ1) is 20.5. The van der Waals surface area contributed by atoms with Crippen molar-refractivity contribution in [2.45, 2.75) is 6.42 Å². The summed E-state index contributed by atoms with van der Waals surface area (Å²) in [5.74, 6) is 1.47. The minimum atomic E-state index is -0.160. The van der Waals surface area contributed by atoms with Crippen LogP contribution in [-0.2, 0) is 6.42 Å². The van der Waals surface area contributed by atoms with Crippen LogP contribution in [0, 0.1) is 11.3 Å². The maximum Gasteiger partial charge on any atom is 0.321 e. The van der Waals surface area contributed by atoms with E-state index >= 15 is 0 Å². The van der Waals surface area contributed by atoms with E-state index in [4.69, 9.17) is 14.7 Å². The number of benzene rings is 2. The number of amides is 2. The molecule has 29 heavy (non-hydrogen) atoms. The number of methoxy groups -OCH3 is 2. The van der Waals surface area contributed by atoms with Crippen molar-refractivity contribution in [1.82, 2.24) is 9.80 Å². The number of urea groups is 1. The third-order valence-corrected chi connectivity index (χ3v) is 5.11. The molecule has 1 saturated heterocycles. The number of para-hydroxylation sites is 1. The lowest BCUT2D eigenvalue weighted by Gasteiger charge is -2.34. The Balaban J connectivity index is 1.48. The molecule has 0 unspecified atom stereocenters. The first-order valence-electron chi connectivity index (χ1n) is 9.63. The average molecular weight is 394 g/mol. The fourth-order valence-corrected chi connectivity index (χ4v) is 3.38. The van der Waals surface area contributed by atoms with E-state index in [0.717, 1.165) is 37.6 Å². The molecule has 152 valence electrons. The van der Waals surface area contributed by atoms with E-state index in [1.165, 1.54) is 5.56 Å². The fraction of sp³-hybridized carbons (Fsp3) is 0.364. The molecule has 3 rings (SSSR count). The predicted molar refractivity (Wildman–Crippen MR) is 111 cm³/mol. The van der Waals surface area contributed by atoms with Gasteiger partial charge in [0, 0.05) is 32.7 Å². The molecule has 7 heteroatoms. The third-order valence-electron chi connectivity index (χ3n) is 5.11. The summed E-state index contributed by atoms with van der Waals surface area (Å²) in [4.78, 5) is 16.7. The molecule has 0 radical (unpaired) electrons. The second-order valence-electron chi connectivity index (χ2n) is 6.86. The largest absolute Gasteiger partial charge is 0.493 e. The van der Waals surface area contributed by atoms with Crippen molar-refractivity contribution in [3.63, 3.8) is 0 Å². The fourth-order valence-electron chi connectivity index (χ4n) is 3.38. The SMILES string of the molecule is COc1ccc(CCN2CCN(C(=O)Nc3ccccc3C#N)CC2)cc1OC. The van der Waals surface area contributed by atoms with Gasteiger partial charge in [-0.15, -0.1) is 0 Å². The number of hydrogen-bond acceptors (Lipinski definition) is 5. The molecular formula is C22H26N4O3. The first-order chi connectivity index (χ1) is 14.1. The van der Waals surface area contributed by atoms with Gasteiger partial charge in [-0.25, -0.2) is 4.79 Å². The van der Waals surface area contributed by atoms with Crippen LogP contribution < -0.4 is 14.8 Å².